The van der Waals surface area contributed by atoms with E-state index in [1.54, 1.807) is 0 Å². The van der Waals surface area contributed by atoms with Gasteiger partial charge in [-0.1, -0.05) is 11.1 Å². The molecule has 2 nitrogen and oxygen atoms in total. The summed E-state index contributed by atoms with van der Waals surface area (Å²) in [6.45, 7) is 6.78. The molecule has 0 heterocycles. The van der Waals surface area contributed by atoms with Gasteiger partial charge in [-0.15, -0.1) is 0 Å². The van der Waals surface area contributed by atoms with Crippen LogP contribution in [0.3, 0.4) is 0 Å². The van der Waals surface area contributed by atoms with Crippen LogP contribution in [0.5, 0.6) is 0 Å². The molecule has 0 amide bonds. The van der Waals surface area contributed by atoms with Crippen molar-refractivity contribution < 1.29 is 9.53 Å². The second-order valence-corrected chi connectivity index (χ2v) is 4.40. The zero-order valence-corrected chi connectivity index (χ0v) is 10.1. The standard InChI is InChI=1S/C13H22O2/c1-4-15-13(14)9-8-12-7-5-6-10(2)11(12)3/h12H,4-9H2,1-3H3. The van der Waals surface area contributed by atoms with Crippen molar-refractivity contribution in [3.63, 3.8) is 0 Å². The van der Waals surface area contributed by atoms with E-state index < -0.39 is 0 Å². The third kappa shape index (κ3) is 3.69. The van der Waals surface area contributed by atoms with E-state index in [1.807, 2.05) is 6.92 Å². The fourth-order valence-electron chi connectivity index (χ4n) is 2.26. The van der Waals surface area contributed by atoms with Crippen LogP contribution in [0.4, 0.5) is 0 Å². The van der Waals surface area contributed by atoms with Gasteiger partial charge in [-0.05, 0) is 52.4 Å². The van der Waals surface area contributed by atoms with Gasteiger partial charge in [-0.2, -0.15) is 0 Å². The summed E-state index contributed by atoms with van der Waals surface area (Å²) in [6.07, 6.45) is 5.28. The molecule has 2 heteroatoms. The Kier molecular flexibility index (Phi) is 4.86. The van der Waals surface area contributed by atoms with E-state index in [1.165, 1.54) is 30.4 Å². The molecule has 0 aromatic carbocycles. The Balaban J connectivity index is 2.38. The molecule has 0 aliphatic heterocycles. The lowest BCUT2D eigenvalue weighted by molar-refractivity contribution is -0.143. The average molecular weight is 210 g/mol. The molecule has 1 rings (SSSR count). The van der Waals surface area contributed by atoms with E-state index >= 15 is 0 Å². The van der Waals surface area contributed by atoms with Crippen LogP contribution in [0.1, 0.15) is 52.9 Å². The normalized spacial score (nSPS) is 21.7. The molecule has 0 N–H and O–H groups in total. The predicted molar refractivity (Wildman–Crippen MR) is 61.6 cm³/mol. The number of hydrogen-bond acceptors (Lipinski definition) is 2. The third-order valence-corrected chi connectivity index (χ3v) is 3.39. The third-order valence-electron chi connectivity index (χ3n) is 3.39. The maximum Gasteiger partial charge on any atom is 0.305 e. The van der Waals surface area contributed by atoms with Gasteiger partial charge in [0.25, 0.3) is 0 Å². The molecule has 1 atom stereocenters. The zero-order chi connectivity index (χ0) is 11.3. The molecular weight excluding hydrogens is 188 g/mol. The number of rotatable bonds is 4. The van der Waals surface area contributed by atoms with Crippen LogP contribution < -0.4 is 0 Å². The monoisotopic (exact) mass is 210 g/mol. The Bertz CT molecular complexity index is 253. The van der Waals surface area contributed by atoms with E-state index in [0.29, 0.717) is 18.9 Å². The molecule has 15 heavy (non-hydrogen) atoms. The van der Waals surface area contributed by atoms with Gasteiger partial charge < -0.3 is 4.74 Å². The van der Waals surface area contributed by atoms with Crippen LogP contribution in [-0.4, -0.2) is 12.6 Å². The van der Waals surface area contributed by atoms with Crippen molar-refractivity contribution in [1.82, 2.24) is 0 Å². The van der Waals surface area contributed by atoms with E-state index in [2.05, 4.69) is 13.8 Å². The molecule has 0 bridgehead atoms. The van der Waals surface area contributed by atoms with Crippen molar-refractivity contribution in [2.45, 2.75) is 52.9 Å². The van der Waals surface area contributed by atoms with E-state index in [0.717, 1.165) is 6.42 Å². The minimum atomic E-state index is -0.0477. The summed E-state index contributed by atoms with van der Waals surface area (Å²) in [6, 6.07) is 0. The van der Waals surface area contributed by atoms with Gasteiger partial charge in [0, 0.05) is 6.42 Å². The van der Waals surface area contributed by atoms with Gasteiger partial charge >= 0.3 is 5.97 Å². The van der Waals surface area contributed by atoms with Crippen LogP contribution in [0.15, 0.2) is 11.1 Å². The molecule has 0 aromatic heterocycles. The van der Waals surface area contributed by atoms with Crippen LogP contribution in [0.25, 0.3) is 0 Å². The van der Waals surface area contributed by atoms with Crippen molar-refractivity contribution in [2.24, 2.45) is 5.92 Å². The highest BCUT2D eigenvalue weighted by Crippen LogP contribution is 2.32. The molecule has 1 aliphatic carbocycles. The van der Waals surface area contributed by atoms with Crippen LogP contribution >= 0.6 is 0 Å². The van der Waals surface area contributed by atoms with E-state index in [9.17, 15) is 4.79 Å². The molecular formula is C13H22O2. The van der Waals surface area contributed by atoms with Gasteiger partial charge in [-0.25, -0.2) is 0 Å². The molecule has 0 spiro atoms. The molecule has 0 saturated carbocycles. The Morgan fingerprint density at radius 2 is 2.20 bits per heavy atom. The first-order valence-electron chi connectivity index (χ1n) is 5.97. The van der Waals surface area contributed by atoms with Crippen molar-refractivity contribution in [3.8, 4) is 0 Å². The van der Waals surface area contributed by atoms with Gasteiger partial charge in [0.2, 0.25) is 0 Å². The van der Waals surface area contributed by atoms with Gasteiger partial charge in [0.1, 0.15) is 0 Å². The number of ether oxygens (including phenoxy) is 1. The number of carbonyl (C=O) groups excluding carboxylic acids is 1. The quantitative estimate of drug-likeness (QED) is 0.524. The molecule has 0 aromatic rings. The molecule has 1 unspecified atom stereocenters. The Morgan fingerprint density at radius 1 is 1.47 bits per heavy atom. The highest BCUT2D eigenvalue weighted by molar-refractivity contribution is 5.69. The summed E-state index contributed by atoms with van der Waals surface area (Å²) in [7, 11) is 0. The SMILES string of the molecule is CCOC(=O)CCC1CCCC(C)=C1C. The Hall–Kier alpha value is -0.790. The van der Waals surface area contributed by atoms with Crippen LogP contribution in [-0.2, 0) is 9.53 Å². The summed E-state index contributed by atoms with van der Waals surface area (Å²) in [5.41, 5.74) is 3.03. The molecule has 0 saturated heterocycles. The van der Waals surface area contributed by atoms with E-state index in [4.69, 9.17) is 4.74 Å². The fraction of sp³-hybridized carbons (Fsp3) is 0.769. The maximum atomic E-state index is 11.2. The molecule has 0 fully saturated rings. The van der Waals surface area contributed by atoms with E-state index in [-0.39, 0.29) is 5.97 Å². The lowest BCUT2D eigenvalue weighted by Gasteiger charge is -2.24. The van der Waals surface area contributed by atoms with Gasteiger partial charge in [-0.3, -0.25) is 4.79 Å². The summed E-state index contributed by atoms with van der Waals surface area (Å²) in [5.74, 6) is 0.566. The molecule has 1 aliphatic rings. The van der Waals surface area contributed by atoms with Crippen LogP contribution in [0.2, 0.25) is 0 Å². The lowest BCUT2D eigenvalue weighted by atomic mass is 9.82. The topological polar surface area (TPSA) is 26.3 Å². The lowest BCUT2D eigenvalue weighted by Crippen LogP contribution is -2.12. The fourth-order valence-corrected chi connectivity index (χ4v) is 2.26. The second-order valence-electron chi connectivity index (χ2n) is 4.40. The highest BCUT2D eigenvalue weighted by atomic mass is 16.5. The Morgan fingerprint density at radius 3 is 2.87 bits per heavy atom. The first-order valence-corrected chi connectivity index (χ1v) is 5.97. The smallest absolute Gasteiger partial charge is 0.305 e. The first-order chi connectivity index (χ1) is 7.15. The zero-order valence-electron chi connectivity index (χ0n) is 10.1. The Labute approximate surface area is 92.7 Å². The molecule has 0 radical (unpaired) electrons. The van der Waals surface area contributed by atoms with Crippen molar-refractivity contribution in [1.29, 1.82) is 0 Å². The maximum absolute atomic E-state index is 11.2. The molecule has 86 valence electrons. The van der Waals surface area contributed by atoms with Gasteiger partial charge in [0.15, 0.2) is 0 Å². The van der Waals surface area contributed by atoms with Gasteiger partial charge in [0.05, 0.1) is 6.61 Å². The summed E-state index contributed by atoms with van der Waals surface area (Å²) in [5, 5.41) is 0. The minimum Gasteiger partial charge on any atom is -0.466 e. The minimum absolute atomic E-state index is 0.0477. The second kappa shape index (κ2) is 5.94. The average Bonchev–Trinajstić information content (AvgIpc) is 2.21. The number of esters is 1. The first kappa shape index (κ1) is 12.3. The summed E-state index contributed by atoms with van der Waals surface area (Å²) >= 11 is 0. The number of allylic oxidation sites excluding steroid dienone is 2. The van der Waals surface area contributed by atoms with Crippen molar-refractivity contribution in [2.75, 3.05) is 6.61 Å². The summed E-state index contributed by atoms with van der Waals surface area (Å²) in [4.78, 5) is 11.2. The van der Waals surface area contributed by atoms with Crippen LogP contribution in [0, 0.1) is 5.92 Å². The van der Waals surface area contributed by atoms with Crippen molar-refractivity contribution in [3.05, 3.63) is 11.1 Å². The number of carbonyl (C=O) groups is 1. The summed E-state index contributed by atoms with van der Waals surface area (Å²) < 4.78 is 4.94. The largest absolute Gasteiger partial charge is 0.466 e. The highest BCUT2D eigenvalue weighted by Gasteiger charge is 2.18. The van der Waals surface area contributed by atoms with Crippen molar-refractivity contribution >= 4 is 5.97 Å². The number of hydrogen-bond donors (Lipinski definition) is 0. The predicted octanol–water partition coefficient (Wildman–Crippen LogP) is 3.47.